The maximum Gasteiger partial charge on any atom is 0.305 e. The van der Waals surface area contributed by atoms with Crippen LogP contribution in [0.4, 0.5) is 11.4 Å². The third-order valence-electron chi connectivity index (χ3n) is 3.30. The van der Waals surface area contributed by atoms with Crippen molar-refractivity contribution in [2.45, 2.75) is 13.3 Å². The molecule has 0 saturated heterocycles. The minimum atomic E-state index is -0.825. The molecule has 1 amide bonds. The minimum absolute atomic E-state index is 0.0448. The van der Waals surface area contributed by atoms with Crippen molar-refractivity contribution >= 4 is 23.3 Å². The van der Waals surface area contributed by atoms with Crippen molar-refractivity contribution in [3.05, 3.63) is 18.2 Å². The number of carboxylic acid groups (broad SMARTS) is 1. The molecule has 0 unspecified atom stereocenters. The SMILES string of the molecule is CCN1C(=O)COc2cc(N(C)CCC(=O)O)ccc21. The molecule has 1 aliphatic heterocycles. The first kappa shape index (κ1) is 14.2. The van der Waals surface area contributed by atoms with Gasteiger partial charge in [0, 0.05) is 31.9 Å². The van der Waals surface area contributed by atoms with Crippen LogP contribution in [0.25, 0.3) is 0 Å². The largest absolute Gasteiger partial charge is 0.481 e. The average molecular weight is 278 g/mol. The lowest BCUT2D eigenvalue weighted by atomic mass is 10.2. The standard InChI is InChI=1S/C14H18N2O4/c1-3-16-11-5-4-10(15(2)7-6-14(18)19)8-12(11)20-9-13(16)17/h4-5,8H,3,6-7,9H2,1-2H3,(H,18,19). The van der Waals surface area contributed by atoms with Crippen molar-refractivity contribution in [3.63, 3.8) is 0 Å². The summed E-state index contributed by atoms with van der Waals surface area (Å²) in [7, 11) is 1.83. The van der Waals surface area contributed by atoms with Gasteiger partial charge in [-0.15, -0.1) is 0 Å². The van der Waals surface area contributed by atoms with E-state index in [9.17, 15) is 9.59 Å². The predicted molar refractivity (Wildman–Crippen MR) is 75.5 cm³/mol. The molecule has 0 saturated carbocycles. The highest BCUT2D eigenvalue weighted by molar-refractivity contribution is 5.98. The monoisotopic (exact) mass is 278 g/mol. The molecule has 0 fully saturated rings. The van der Waals surface area contributed by atoms with Crippen LogP contribution in [0.3, 0.4) is 0 Å². The number of nitrogens with zero attached hydrogens (tertiary/aromatic N) is 2. The molecule has 1 aromatic carbocycles. The molecule has 0 aliphatic carbocycles. The molecule has 1 aliphatic rings. The number of carboxylic acids is 1. The molecule has 2 rings (SSSR count). The van der Waals surface area contributed by atoms with Gasteiger partial charge in [-0.05, 0) is 19.1 Å². The minimum Gasteiger partial charge on any atom is -0.481 e. The summed E-state index contributed by atoms with van der Waals surface area (Å²) in [5, 5.41) is 8.70. The van der Waals surface area contributed by atoms with Gasteiger partial charge >= 0.3 is 5.97 Å². The number of fused-ring (bicyclic) bond motifs is 1. The number of benzene rings is 1. The summed E-state index contributed by atoms with van der Waals surface area (Å²) >= 11 is 0. The molecule has 0 spiro atoms. The van der Waals surface area contributed by atoms with Gasteiger partial charge in [0.05, 0.1) is 12.1 Å². The van der Waals surface area contributed by atoms with Crippen LogP contribution in [-0.2, 0) is 9.59 Å². The van der Waals surface area contributed by atoms with E-state index in [2.05, 4.69) is 0 Å². The first-order chi connectivity index (χ1) is 9.52. The van der Waals surface area contributed by atoms with Crippen LogP contribution in [0.5, 0.6) is 5.75 Å². The fraction of sp³-hybridized carbons (Fsp3) is 0.429. The van der Waals surface area contributed by atoms with Crippen LogP contribution in [0.15, 0.2) is 18.2 Å². The van der Waals surface area contributed by atoms with Gasteiger partial charge in [-0.25, -0.2) is 0 Å². The van der Waals surface area contributed by atoms with E-state index in [1.54, 1.807) is 4.90 Å². The van der Waals surface area contributed by atoms with Gasteiger partial charge in [-0.2, -0.15) is 0 Å². The van der Waals surface area contributed by atoms with Crippen molar-refractivity contribution < 1.29 is 19.4 Å². The van der Waals surface area contributed by atoms with Crippen molar-refractivity contribution in [2.75, 3.05) is 36.5 Å². The number of hydrogen-bond donors (Lipinski definition) is 1. The highest BCUT2D eigenvalue weighted by Gasteiger charge is 2.24. The van der Waals surface area contributed by atoms with Crippen LogP contribution in [0, 0.1) is 0 Å². The summed E-state index contributed by atoms with van der Waals surface area (Å²) in [5.74, 6) is -0.216. The number of likely N-dealkylation sites (N-methyl/N-ethyl adjacent to an activating group) is 1. The Morgan fingerprint density at radius 1 is 1.50 bits per heavy atom. The summed E-state index contributed by atoms with van der Waals surface area (Å²) in [5.41, 5.74) is 1.63. The van der Waals surface area contributed by atoms with Crippen molar-refractivity contribution in [2.24, 2.45) is 0 Å². The molecular weight excluding hydrogens is 260 g/mol. The summed E-state index contributed by atoms with van der Waals surface area (Å²) in [6.07, 6.45) is 0.0774. The second kappa shape index (κ2) is 5.81. The lowest BCUT2D eigenvalue weighted by Crippen LogP contribution is -2.38. The van der Waals surface area contributed by atoms with Gasteiger partial charge in [-0.3, -0.25) is 9.59 Å². The summed E-state index contributed by atoms with van der Waals surface area (Å²) in [6.45, 7) is 2.98. The number of amides is 1. The molecule has 0 aromatic heterocycles. The lowest BCUT2D eigenvalue weighted by Gasteiger charge is -2.29. The number of aliphatic carboxylic acids is 1. The zero-order valence-corrected chi connectivity index (χ0v) is 11.6. The van der Waals surface area contributed by atoms with Gasteiger partial charge in [0.1, 0.15) is 5.75 Å². The average Bonchev–Trinajstić information content (AvgIpc) is 2.44. The van der Waals surface area contributed by atoms with E-state index in [0.717, 1.165) is 11.4 Å². The zero-order chi connectivity index (χ0) is 14.7. The third kappa shape index (κ3) is 2.84. The van der Waals surface area contributed by atoms with Crippen LogP contribution < -0.4 is 14.5 Å². The van der Waals surface area contributed by atoms with Gasteiger partial charge in [0.25, 0.3) is 5.91 Å². The van der Waals surface area contributed by atoms with Gasteiger partial charge < -0.3 is 19.6 Å². The first-order valence-corrected chi connectivity index (χ1v) is 6.53. The zero-order valence-electron chi connectivity index (χ0n) is 11.6. The van der Waals surface area contributed by atoms with E-state index in [1.807, 2.05) is 37.1 Å². The van der Waals surface area contributed by atoms with Crippen molar-refractivity contribution in [1.82, 2.24) is 0 Å². The summed E-state index contributed by atoms with van der Waals surface area (Å²) in [4.78, 5) is 25.8. The number of carbonyl (C=O) groups is 2. The Hall–Kier alpha value is -2.24. The molecule has 1 aromatic rings. The lowest BCUT2D eigenvalue weighted by molar-refractivity contribution is -0.136. The Balaban J connectivity index is 2.19. The number of ether oxygens (including phenoxy) is 1. The summed E-state index contributed by atoms with van der Waals surface area (Å²) < 4.78 is 5.45. The number of rotatable bonds is 5. The molecule has 6 nitrogen and oxygen atoms in total. The Morgan fingerprint density at radius 2 is 2.25 bits per heavy atom. The second-order valence-electron chi connectivity index (χ2n) is 4.64. The van der Waals surface area contributed by atoms with Gasteiger partial charge in [-0.1, -0.05) is 0 Å². The van der Waals surface area contributed by atoms with E-state index in [1.165, 1.54) is 0 Å². The Bertz CT molecular complexity index is 530. The number of carbonyl (C=O) groups excluding carboxylic acids is 1. The van der Waals surface area contributed by atoms with Crippen molar-refractivity contribution in [3.8, 4) is 5.75 Å². The topological polar surface area (TPSA) is 70.1 Å². The molecular formula is C14H18N2O4. The third-order valence-corrected chi connectivity index (χ3v) is 3.30. The van der Waals surface area contributed by atoms with Crippen molar-refractivity contribution in [1.29, 1.82) is 0 Å². The Kier molecular flexibility index (Phi) is 4.12. The van der Waals surface area contributed by atoms with Gasteiger partial charge in [0.2, 0.25) is 0 Å². The van der Waals surface area contributed by atoms with E-state index in [0.29, 0.717) is 18.8 Å². The Morgan fingerprint density at radius 3 is 2.90 bits per heavy atom. The van der Waals surface area contributed by atoms with Crippen LogP contribution >= 0.6 is 0 Å². The van der Waals surface area contributed by atoms with E-state index >= 15 is 0 Å². The fourth-order valence-electron chi connectivity index (χ4n) is 2.17. The fourth-order valence-corrected chi connectivity index (χ4v) is 2.17. The van der Waals surface area contributed by atoms with E-state index in [-0.39, 0.29) is 18.9 Å². The quantitative estimate of drug-likeness (QED) is 0.880. The first-order valence-electron chi connectivity index (χ1n) is 6.53. The summed E-state index contributed by atoms with van der Waals surface area (Å²) in [6, 6.07) is 5.54. The molecule has 0 bridgehead atoms. The highest BCUT2D eigenvalue weighted by atomic mass is 16.5. The second-order valence-corrected chi connectivity index (χ2v) is 4.64. The van der Waals surface area contributed by atoms with Crippen LogP contribution in [0.2, 0.25) is 0 Å². The van der Waals surface area contributed by atoms with Crippen LogP contribution in [-0.4, -0.2) is 43.7 Å². The molecule has 1 N–H and O–H groups in total. The molecule has 6 heteroatoms. The highest BCUT2D eigenvalue weighted by Crippen LogP contribution is 2.35. The van der Waals surface area contributed by atoms with E-state index in [4.69, 9.17) is 9.84 Å². The predicted octanol–water partition coefficient (Wildman–Crippen LogP) is 1.34. The maximum atomic E-state index is 11.7. The molecule has 0 atom stereocenters. The number of hydrogen-bond acceptors (Lipinski definition) is 4. The van der Waals surface area contributed by atoms with Gasteiger partial charge in [0.15, 0.2) is 6.61 Å². The van der Waals surface area contributed by atoms with E-state index < -0.39 is 5.97 Å². The maximum absolute atomic E-state index is 11.7. The molecule has 20 heavy (non-hydrogen) atoms. The molecule has 1 heterocycles. The smallest absolute Gasteiger partial charge is 0.305 e. The molecule has 108 valence electrons. The Labute approximate surface area is 117 Å². The number of anilines is 2. The van der Waals surface area contributed by atoms with Crippen LogP contribution in [0.1, 0.15) is 13.3 Å². The molecule has 0 radical (unpaired) electrons. The normalized spacial score (nSPS) is 13.7.